The maximum atomic E-state index is 13.9. The molecule has 0 rings (SSSR count). The van der Waals surface area contributed by atoms with Crippen LogP contribution in [-0.2, 0) is 19.0 Å². The molecule has 0 bridgehead atoms. The van der Waals surface area contributed by atoms with E-state index < -0.39 is 61.1 Å². The minimum Gasteiger partial charge on any atom is -0.459 e. The number of ether oxygens (including phenoxy) is 3. The first kappa shape index (κ1) is 28.0. The van der Waals surface area contributed by atoms with Crippen molar-refractivity contribution in [3.63, 3.8) is 0 Å². The molecule has 30 heavy (non-hydrogen) atoms. The van der Waals surface area contributed by atoms with Gasteiger partial charge in [-0.2, -0.15) is 52.7 Å². The summed E-state index contributed by atoms with van der Waals surface area (Å²) in [5.41, 5.74) is 0. The lowest BCUT2D eigenvalue weighted by Gasteiger charge is -2.38. The first-order valence-corrected chi connectivity index (χ1v) is 6.85. The van der Waals surface area contributed by atoms with Gasteiger partial charge in [0.05, 0.1) is 6.42 Å². The van der Waals surface area contributed by atoms with Crippen LogP contribution in [0.25, 0.3) is 0 Å². The van der Waals surface area contributed by atoms with Crippen LogP contribution in [0.2, 0.25) is 0 Å². The van der Waals surface area contributed by atoms with E-state index in [0.29, 0.717) is 6.08 Å². The fraction of sp³-hybridized carbons (Fsp3) is 0.615. The van der Waals surface area contributed by atoms with E-state index in [0.717, 1.165) is 0 Å². The Hall–Kier alpha value is -2.04. The van der Waals surface area contributed by atoms with Crippen LogP contribution in [0.15, 0.2) is 25.1 Å². The summed E-state index contributed by atoms with van der Waals surface area (Å²) in [7, 11) is 0. The Kier molecular flexibility index (Phi) is 8.02. The number of hydrogen-bond donors (Lipinski definition) is 0. The topological polar surface area (TPSA) is 44.8 Å². The summed E-state index contributed by atoms with van der Waals surface area (Å²) in [4.78, 5) is 10.9. The summed E-state index contributed by atoms with van der Waals surface area (Å²) in [5.74, 6) is -18.4. The number of alkyl halides is 12. The third-order valence-electron chi connectivity index (χ3n) is 2.77. The molecule has 0 radical (unpaired) electrons. The fourth-order valence-corrected chi connectivity index (χ4v) is 1.30. The predicted octanol–water partition coefficient (Wildman–Crippen LogP) is 5.26. The summed E-state index contributed by atoms with van der Waals surface area (Å²) in [5, 5.41) is 0. The average Bonchev–Trinajstić information content (AvgIpc) is 2.50. The van der Waals surface area contributed by atoms with Crippen LogP contribution in [0.4, 0.5) is 57.1 Å². The van der Waals surface area contributed by atoms with E-state index in [4.69, 9.17) is 0 Å². The average molecular weight is 476 g/mol. The van der Waals surface area contributed by atoms with Crippen molar-refractivity contribution in [2.24, 2.45) is 0 Å². The second-order valence-electron chi connectivity index (χ2n) is 5.12. The zero-order valence-corrected chi connectivity index (χ0v) is 14.0. The van der Waals surface area contributed by atoms with Crippen LogP contribution in [0, 0.1) is 0 Å². The number of rotatable bonds is 10. The fourth-order valence-electron chi connectivity index (χ4n) is 1.30. The molecular formula is C13H9F13O4. The van der Waals surface area contributed by atoms with Crippen molar-refractivity contribution in [3.8, 4) is 0 Å². The van der Waals surface area contributed by atoms with Gasteiger partial charge in [0.1, 0.15) is 0 Å². The molecule has 0 aliphatic rings. The van der Waals surface area contributed by atoms with Crippen molar-refractivity contribution >= 4 is 5.97 Å². The van der Waals surface area contributed by atoms with Crippen LogP contribution in [0.5, 0.6) is 0 Å². The first-order valence-electron chi connectivity index (χ1n) is 6.85. The molecular weight excluding hydrogens is 467 g/mol. The second-order valence-corrected chi connectivity index (χ2v) is 5.12. The highest BCUT2D eigenvalue weighted by Crippen LogP contribution is 2.53. The van der Waals surface area contributed by atoms with Gasteiger partial charge in [-0.1, -0.05) is 12.7 Å². The third-order valence-corrected chi connectivity index (χ3v) is 2.77. The molecule has 4 nitrogen and oxygen atoms in total. The molecule has 0 saturated heterocycles. The van der Waals surface area contributed by atoms with Crippen molar-refractivity contribution in [1.29, 1.82) is 0 Å². The standard InChI is InChI=1S/C13H9F13O4/c1-3-4-7(27)28-5-8(15,11(19,20)21)29-13(25,26)10(18,12(22,23)24)30-9(16,17)6(2)14/h3H,1-2,4-5H2. The second kappa shape index (κ2) is 8.60. The molecule has 0 spiro atoms. The van der Waals surface area contributed by atoms with E-state index in [1.807, 2.05) is 4.74 Å². The van der Waals surface area contributed by atoms with Gasteiger partial charge < -0.3 is 4.74 Å². The van der Waals surface area contributed by atoms with E-state index in [2.05, 4.69) is 16.1 Å². The van der Waals surface area contributed by atoms with Crippen molar-refractivity contribution < 1.29 is 76.1 Å². The van der Waals surface area contributed by atoms with Gasteiger partial charge in [-0.3, -0.25) is 14.3 Å². The van der Waals surface area contributed by atoms with E-state index in [1.165, 1.54) is 0 Å². The molecule has 0 aliphatic heterocycles. The van der Waals surface area contributed by atoms with Gasteiger partial charge in [0.15, 0.2) is 12.4 Å². The highest BCUT2D eigenvalue weighted by atomic mass is 19.4. The quantitative estimate of drug-likeness (QED) is 0.245. The van der Waals surface area contributed by atoms with Crippen LogP contribution >= 0.6 is 0 Å². The Labute approximate surface area is 157 Å². The molecule has 0 saturated carbocycles. The zero-order chi connectivity index (χ0) is 24.4. The molecule has 0 aromatic heterocycles. The molecule has 2 unspecified atom stereocenters. The van der Waals surface area contributed by atoms with Crippen LogP contribution < -0.4 is 0 Å². The molecule has 17 heteroatoms. The van der Waals surface area contributed by atoms with Gasteiger partial charge >= 0.3 is 42.2 Å². The number of carbonyl (C=O) groups is 1. The lowest BCUT2D eigenvalue weighted by molar-refractivity contribution is -0.528. The van der Waals surface area contributed by atoms with Crippen molar-refractivity contribution in [2.75, 3.05) is 6.61 Å². The maximum absolute atomic E-state index is 13.9. The van der Waals surface area contributed by atoms with Crippen LogP contribution in [0.1, 0.15) is 6.42 Å². The highest BCUT2D eigenvalue weighted by Gasteiger charge is 2.80. The van der Waals surface area contributed by atoms with E-state index in [1.54, 1.807) is 6.58 Å². The molecule has 0 amide bonds. The lowest BCUT2D eigenvalue weighted by atomic mass is 10.2. The summed E-state index contributed by atoms with van der Waals surface area (Å²) in [6.45, 7) is 1.65. The Morgan fingerprint density at radius 2 is 1.30 bits per heavy atom. The highest BCUT2D eigenvalue weighted by molar-refractivity contribution is 5.71. The third kappa shape index (κ3) is 5.99. The predicted molar refractivity (Wildman–Crippen MR) is 67.9 cm³/mol. The monoisotopic (exact) mass is 476 g/mol. The normalized spacial score (nSPS) is 17.6. The van der Waals surface area contributed by atoms with Gasteiger partial charge in [-0.15, -0.1) is 6.58 Å². The molecule has 0 N–H and O–H groups in total. The number of hydrogen-bond acceptors (Lipinski definition) is 4. The molecule has 0 fully saturated rings. The maximum Gasteiger partial charge on any atom is 0.458 e. The molecule has 0 aliphatic carbocycles. The van der Waals surface area contributed by atoms with Gasteiger partial charge in [-0.25, -0.2) is 4.39 Å². The molecule has 2 atom stereocenters. The Morgan fingerprint density at radius 3 is 1.63 bits per heavy atom. The largest absolute Gasteiger partial charge is 0.459 e. The van der Waals surface area contributed by atoms with Crippen LogP contribution in [-0.4, -0.2) is 48.9 Å². The molecule has 0 aromatic rings. The summed E-state index contributed by atoms with van der Waals surface area (Å²) in [6, 6.07) is 0. The lowest BCUT2D eigenvalue weighted by Crippen LogP contribution is -2.65. The Balaban J connectivity index is 6.22. The number of carbonyl (C=O) groups excluding carboxylic acids is 1. The van der Waals surface area contributed by atoms with E-state index in [-0.39, 0.29) is 0 Å². The minimum absolute atomic E-state index is 0.668. The smallest absolute Gasteiger partial charge is 0.458 e. The zero-order valence-electron chi connectivity index (χ0n) is 14.0. The Bertz CT molecular complexity index is 656. The van der Waals surface area contributed by atoms with E-state index in [9.17, 15) is 61.9 Å². The number of halogens is 13. The molecule has 0 aromatic carbocycles. The summed E-state index contributed by atoms with van der Waals surface area (Å²) < 4.78 is 177. The van der Waals surface area contributed by atoms with Gasteiger partial charge in [0, 0.05) is 0 Å². The van der Waals surface area contributed by atoms with Gasteiger partial charge in [0.25, 0.3) is 0 Å². The summed E-state index contributed by atoms with van der Waals surface area (Å²) in [6.07, 6.45) is -27.8. The summed E-state index contributed by atoms with van der Waals surface area (Å²) >= 11 is 0. The van der Waals surface area contributed by atoms with Gasteiger partial charge in [0.2, 0.25) is 0 Å². The van der Waals surface area contributed by atoms with Crippen molar-refractivity contribution in [2.45, 2.75) is 42.7 Å². The van der Waals surface area contributed by atoms with Gasteiger partial charge in [-0.05, 0) is 0 Å². The first-order chi connectivity index (χ1) is 13.1. The molecule has 0 heterocycles. The number of esters is 1. The SMILES string of the molecule is C=CCC(=O)OCC(F)(OC(F)(F)C(F)(OC(F)(F)C(=C)F)C(F)(F)F)C(F)(F)F. The van der Waals surface area contributed by atoms with E-state index >= 15 is 0 Å². The van der Waals surface area contributed by atoms with Crippen molar-refractivity contribution in [3.05, 3.63) is 25.1 Å². The Morgan fingerprint density at radius 1 is 0.833 bits per heavy atom. The molecule has 176 valence electrons. The van der Waals surface area contributed by atoms with Crippen LogP contribution in [0.3, 0.4) is 0 Å². The van der Waals surface area contributed by atoms with Crippen molar-refractivity contribution in [1.82, 2.24) is 0 Å². The minimum atomic E-state index is -7.35.